The predicted molar refractivity (Wildman–Crippen MR) is 169 cm³/mol. The Morgan fingerprint density at radius 2 is 1.22 bits per heavy atom. The van der Waals surface area contributed by atoms with Crippen molar-refractivity contribution >= 4 is 35.9 Å². The molecule has 1 aromatic rings. The third-order valence-corrected chi connectivity index (χ3v) is 6.04. The summed E-state index contributed by atoms with van der Waals surface area (Å²) in [6.45, 7) is 16.7. The van der Waals surface area contributed by atoms with Crippen molar-refractivity contribution in [2.45, 2.75) is 105 Å². The molecule has 0 radical (unpaired) electrons. The Kier molecular flexibility index (Phi) is 15.0. The van der Waals surface area contributed by atoms with Crippen molar-refractivity contribution < 1.29 is 47.7 Å². The first-order valence-corrected chi connectivity index (χ1v) is 15.1. The van der Waals surface area contributed by atoms with E-state index >= 15 is 0 Å². The average Bonchev–Trinajstić information content (AvgIpc) is 2.91. The SMILES string of the molecule is COC(=O)[C@@H](NC(=O)[C@@H](Cc1ccc(OC(=O)CNC(=O)OC(C)(C)C)cc1)NC(=O)[C@H](NC(=O)OC(C)(C)C)C(C)C)C(C)C. The van der Waals surface area contributed by atoms with E-state index in [0.29, 0.717) is 5.56 Å². The van der Waals surface area contributed by atoms with Crippen molar-refractivity contribution in [2.75, 3.05) is 13.7 Å². The lowest BCUT2D eigenvalue weighted by molar-refractivity contribution is -0.146. The lowest BCUT2D eigenvalue weighted by atomic mass is 9.99. The van der Waals surface area contributed by atoms with Gasteiger partial charge >= 0.3 is 24.1 Å². The molecule has 0 aliphatic carbocycles. The number of rotatable bonds is 13. The summed E-state index contributed by atoms with van der Waals surface area (Å²) in [7, 11) is 1.21. The molecule has 14 heteroatoms. The van der Waals surface area contributed by atoms with Crippen LogP contribution >= 0.6 is 0 Å². The van der Waals surface area contributed by atoms with Gasteiger partial charge in [0.25, 0.3) is 0 Å². The second-order valence-electron chi connectivity index (χ2n) is 13.4. The average molecular weight is 651 g/mol. The third kappa shape index (κ3) is 15.1. The first-order valence-electron chi connectivity index (χ1n) is 15.1. The van der Waals surface area contributed by atoms with Gasteiger partial charge in [-0.2, -0.15) is 0 Å². The number of nitrogens with one attached hydrogen (secondary N) is 4. The molecule has 0 unspecified atom stereocenters. The molecule has 46 heavy (non-hydrogen) atoms. The van der Waals surface area contributed by atoms with Gasteiger partial charge in [0.1, 0.15) is 41.6 Å². The molecule has 14 nitrogen and oxygen atoms in total. The van der Waals surface area contributed by atoms with E-state index in [0.717, 1.165) is 0 Å². The van der Waals surface area contributed by atoms with E-state index in [1.54, 1.807) is 81.4 Å². The van der Waals surface area contributed by atoms with Gasteiger partial charge in [-0.15, -0.1) is 0 Å². The van der Waals surface area contributed by atoms with Crippen LogP contribution < -0.4 is 26.0 Å². The van der Waals surface area contributed by atoms with E-state index in [2.05, 4.69) is 21.3 Å². The fourth-order valence-electron chi connectivity index (χ4n) is 3.87. The largest absolute Gasteiger partial charge is 0.467 e. The number of ether oxygens (including phenoxy) is 4. The monoisotopic (exact) mass is 650 g/mol. The molecule has 4 N–H and O–H groups in total. The molecule has 0 fully saturated rings. The summed E-state index contributed by atoms with van der Waals surface area (Å²) in [4.78, 5) is 75.7. The molecule has 3 atom stereocenters. The van der Waals surface area contributed by atoms with Crippen molar-refractivity contribution in [3.8, 4) is 5.75 Å². The smallest absolute Gasteiger partial charge is 0.408 e. The van der Waals surface area contributed by atoms with E-state index in [9.17, 15) is 28.8 Å². The minimum Gasteiger partial charge on any atom is -0.467 e. The fourth-order valence-corrected chi connectivity index (χ4v) is 3.87. The summed E-state index contributed by atoms with van der Waals surface area (Å²) in [5.41, 5.74) is -0.941. The summed E-state index contributed by atoms with van der Waals surface area (Å²) in [6, 6.07) is 2.97. The van der Waals surface area contributed by atoms with Crippen molar-refractivity contribution in [1.29, 1.82) is 0 Å². The maximum atomic E-state index is 13.5. The van der Waals surface area contributed by atoms with Gasteiger partial charge in [-0.1, -0.05) is 39.8 Å². The summed E-state index contributed by atoms with van der Waals surface area (Å²) >= 11 is 0. The highest BCUT2D eigenvalue weighted by Gasteiger charge is 2.33. The van der Waals surface area contributed by atoms with Crippen LogP contribution in [0.5, 0.6) is 5.75 Å². The van der Waals surface area contributed by atoms with E-state index in [4.69, 9.17) is 18.9 Å². The summed E-state index contributed by atoms with van der Waals surface area (Å²) < 4.78 is 20.5. The Labute approximate surface area is 271 Å². The van der Waals surface area contributed by atoms with Crippen LogP contribution in [0.2, 0.25) is 0 Å². The van der Waals surface area contributed by atoms with Crippen LogP contribution in [0.4, 0.5) is 9.59 Å². The van der Waals surface area contributed by atoms with Crippen LogP contribution in [-0.2, 0) is 39.8 Å². The number of hydrogen-bond donors (Lipinski definition) is 4. The predicted octanol–water partition coefficient (Wildman–Crippen LogP) is 3.01. The standard InChI is InChI=1S/C32H50N4O10/c1-18(2)24(36-30(42)46-32(8,9)10)27(39)34-22(26(38)35-25(19(3)4)28(40)43-11)16-20-12-14-21(15-13-20)44-23(37)17-33-29(41)45-31(5,6)7/h12-15,18-19,22,24-25H,16-17H2,1-11H3,(H,33,41)(H,34,39)(H,35,38)(H,36,42)/t22-,24-,25+/m1/s1. The molecule has 1 rings (SSSR count). The Bertz CT molecular complexity index is 1220. The van der Waals surface area contributed by atoms with Crippen molar-refractivity contribution in [3.63, 3.8) is 0 Å². The number of benzene rings is 1. The van der Waals surface area contributed by atoms with Gasteiger partial charge in [0.2, 0.25) is 11.8 Å². The van der Waals surface area contributed by atoms with Crippen LogP contribution in [-0.4, -0.2) is 78.9 Å². The number of methoxy groups -OCH3 is 1. The van der Waals surface area contributed by atoms with Crippen molar-refractivity contribution in [3.05, 3.63) is 29.8 Å². The van der Waals surface area contributed by atoms with Gasteiger partial charge in [-0.25, -0.2) is 19.2 Å². The normalized spacial score (nSPS) is 13.5. The topological polar surface area (TPSA) is 187 Å². The van der Waals surface area contributed by atoms with Crippen LogP contribution in [0.1, 0.15) is 74.8 Å². The van der Waals surface area contributed by atoms with Gasteiger partial charge < -0.3 is 40.2 Å². The summed E-state index contributed by atoms with van der Waals surface area (Å²) in [6.07, 6.45) is -1.58. The van der Waals surface area contributed by atoms with Crippen molar-refractivity contribution in [2.24, 2.45) is 11.8 Å². The molecule has 0 saturated carbocycles. The van der Waals surface area contributed by atoms with E-state index < -0.39 is 71.8 Å². The Hall–Kier alpha value is -4.36. The molecule has 0 aromatic heterocycles. The third-order valence-electron chi connectivity index (χ3n) is 6.04. The molecule has 0 heterocycles. The van der Waals surface area contributed by atoms with Crippen LogP contribution in [0.25, 0.3) is 0 Å². The first kappa shape index (κ1) is 39.7. The van der Waals surface area contributed by atoms with Gasteiger partial charge in [0.15, 0.2) is 0 Å². The number of hydrogen-bond acceptors (Lipinski definition) is 10. The maximum Gasteiger partial charge on any atom is 0.408 e. The quantitative estimate of drug-likeness (QED) is 0.140. The molecule has 4 amide bonds. The zero-order valence-corrected chi connectivity index (χ0v) is 28.7. The van der Waals surface area contributed by atoms with Gasteiger partial charge in [-0.3, -0.25) is 9.59 Å². The maximum absolute atomic E-state index is 13.5. The molecule has 1 aromatic carbocycles. The highest BCUT2D eigenvalue weighted by Crippen LogP contribution is 2.16. The number of carbonyl (C=O) groups is 6. The zero-order chi connectivity index (χ0) is 35.4. The minimum absolute atomic E-state index is 0.0186. The molecular weight excluding hydrogens is 600 g/mol. The number of alkyl carbamates (subject to hydrolysis) is 2. The lowest BCUT2D eigenvalue weighted by Gasteiger charge is -2.28. The second-order valence-corrected chi connectivity index (χ2v) is 13.4. The Morgan fingerprint density at radius 1 is 0.696 bits per heavy atom. The Morgan fingerprint density at radius 3 is 1.70 bits per heavy atom. The van der Waals surface area contributed by atoms with Crippen LogP contribution in [0.3, 0.4) is 0 Å². The molecule has 0 aliphatic rings. The van der Waals surface area contributed by atoms with Crippen LogP contribution in [0.15, 0.2) is 24.3 Å². The number of amides is 4. The van der Waals surface area contributed by atoms with Crippen molar-refractivity contribution in [1.82, 2.24) is 21.3 Å². The summed E-state index contributed by atoms with van der Waals surface area (Å²) in [5.74, 6) is -3.17. The highest BCUT2D eigenvalue weighted by atomic mass is 16.6. The highest BCUT2D eigenvalue weighted by molar-refractivity contribution is 5.93. The molecule has 0 bridgehead atoms. The van der Waals surface area contributed by atoms with Crippen LogP contribution in [0, 0.1) is 11.8 Å². The van der Waals surface area contributed by atoms with E-state index in [1.807, 2.05) is 0 Å². The molecular formula is C32H50N4O10. The minimum atomic E-state index is -1.17. The lowest BCUT2D eigenvalue weighted by Crippen LogP contribution is -2.58. The molecule has 0 aliphatic heterocycles. The van der Waals surface area contributed by atoms with Gasteiger partial charge in [0, 0.05) is 6.42 Å². The van der Waals surface area contributed by atoms with Gasteiger partial charge in [0.05, 0.1) is 7.11 Å². The van der Waals surface area contributed by atoms with Gasteiger partial charge in [-0.05, 0) is 71.1 Å². The second kappa shape index (κ2) is 17.4. The molecule has 258 valence electrons. The number of esters is 2. The zero-order valence-electron chi connectivity index (χ0n) is 28.7. The molecule has 0 spiro atoms. The van der Waals surface area contributed by atoms with E-state index in [1.165, 1.54) is 19.2 Å². The Balaban J connectivity index is 3.13. The molecule has 0 saturated heterocycles. The fraction of sp³-hybridized carbons (Fsp3) is 0.625. The first-order chi connectivity index (χ1) is 21.1. The van der Waals surface area contributed by atoms with E-state index in [-0.39, 0.29) is 24.0 Å². The summed E-state index contributed by atoms with van der Waals surface area (Å²) in [5, 5.41) is 10.2. The number of carbonyl (C=O) groups excluding carboxylic acids is 6.